The Bertz CT molecular complexity index is 436. The molecule has 2 heteroatoms. The van der Waals surface area contributed by atoms with Crippen LogP contribution in [0.15, 0.2) is 53.1 Å². The van der Waals surface area contributed by atoms with E-state index in [-0.39, 0.29) is 0 Å². The fourth-order valence-corrected chi connectivity index (χ4v) is 2.43. The van der Waals surface area contributed by atoms with Crippen molar-refractivity contribution in [2.45, 2.75) is 38.6 Å². The van der Waals surface area contributed by atoms with Crippen molar-refractivity contribution in [3.63, 3.8) is 0 Å². The minimum atomic E-state index is 0.514. The van der Waals surface area contributed by atoms with E-state index in [4.69, 9.17) is 4.42 Å². The molecule has 0 saturated carbocycles. The molecule has 1 heterocycles. The average Bonchev–Trinajstić information content (AvgIpc) is 2.93. The first kappa shape index (κ1) is 13.9. The quantitative estimate of drug-likeness (QED) is 0.777. The number of hydrogen-bond donors (Lipinski definition) is 1. The molecule has 0 amide bonds. The van der Waals surface area contributed by atoms with Gasteiger partial charge in [-0.15, -0.1) is 0 Å². The second-order valence-electron chi connectivity index (χ2n) is 4.92. The van der Waals surface area contributed by atoms with Gasteiger partial charge in [0.2, 0.25) is 0 Å². The molecule has 0 radical (unpaired) electrons. The first-order valence-electron chi connectivity index (χ1n) is 7.18. The van der Waals surface area contributed by atoms with Crippen molar-refractivity contribution in [2.24, 2.45) is 0 Å². The normalized spacial score (nSPS) is 12.5. The molecule has 2 nitrogen and oxygen atoms in total. The Hall–Kier alpha value is -1.54. The number of likely N-dealkylation sites (N-methyl/N-ethyl adjacent to an activating group) is 1. The smallest absolute Gasteiger partial charge is 0.105 e. The standard InChI is InChI=1S/C17H23NO/c1-2-18-16(14-17-12-7-13-19-17)11-6-10-15-8-4-3-5-9-15/h3-5,7-9,12-13,16,18H,2,6,10-11,14H2,1H3. The van der Waals surface area contributed by atoms with Gasteiger partial charge in [-0.2, -0.15) is 0 Å². The van der Waals surface area contributed by atoms with Crippen molar-refractivity contribution in [3.05, 3.63) is 60.1 Å². The summed E-state index contributed by atoms with van der Waals surface area (Å²) in [6.07, 6.45) is 6.28. The maximum Gasteiger partial charge on any atom is 0.105 e. The Kier molecular flexibility index (Phi) is 5.70. The SMILES string of the molecule is CCNC(CCCc1ccccc1)Cc1ccco1. The molecular weight excluding hydrogens is 234 g/mol. The fraction of sp³-hybridized carbons (Fsp3) is 0.412. The molecule has 1 atom stereocenters. The molecule has 0 spiro atoms. The third kappa shape index (κ3) is 4.92. The van der Waals surface area contributed by atoms with Gasteiger partial charge in [0.05, 0.1) is 6.26 Å². The molecule has 0 aliphatic rings. The van der Waals surface area contributed by atoms with Crippen LogP contribution in [0.3, 0.4) is 0 Å². The van der Waals surface area contributed by atoms with Gasteiger partial charge in [0, 0.05) is 12.5 Å². The Balaban J connectivity index is 1.77. The first-order valence-corrected chi connectivity index (χ1v) is 7.18. The third-order valence-electron chi connectivity index (χ3n) is 3.38. The van der Waals surface area contributed by atoms with Crippen LogP contribution in [0.5, 0.6) is 0 Å². The van der Waals surface area contributed by atoms with Gasteiger partial charge in [0.15, 0.2) is 0 Å². The summed E-state index contributed by atoms with van der Waals surface area (Å²) in [6.45, 7) is 3.17. The summed E-state index contributed by atoms with van der Waals surface area (Å²) in [5, 5.41) is 3.55. The summed E-state index contributed by atoms with van der Waals surface area (Å²) in [5.41, 5.74) is 1.43. The molecule has 2 rings (SSSR count). The lowest BCUT2D eigenvalue weighted by Gasteiger charge is -2.16. The van der Waals surface area contributed by atoms with Crippen molar-refractivity contribution >= 4 is 0 Å². The molecule has 0 saturated heterocycles. The third-order valence-corrected chi connectivity index (χ3v) is 3.38. The molecule has 1 aromatic carbocycles. The lowest BCUT2D eigenvalue weighted by Crippen LogP contribution is -2.30. The van der Waals surface area contributed by atoms with Gasteiger partial charge in [-0.25, -0.2) is 0 Å². The van der Waals surface area contributed by atoms with Crippen LogP contribution in [0, 0.1) is 0 Å². The van der Waals surface area contributed by atoms with Crippen molar-refractivity contribution < 1.29 is 4.42 Å². The van der Waals surface area contributed by atoms with Crippen LogP contribution in [0.1, 0.15) is 31.1 Å². The van der Waals surface area contributed by atoms with E-state index in [2.05, 4.69) is 48.6 Å². The van der Waals surface area contributed by atoms with Gasteiger partial charge < -0.3 is 9.73 Å². The molecule has 1 unspecified atom stereocenters. The first-order chi connectivity index (χ1) is 9.38. The van der Waals surface area contributed by atoms with E-state index in [1.807, 2.05) is 6.07 Å². The summed E-state index contributed by atoms with van der Waals surface area (Å²) in [6, 6.07) is 15.2. The van der Waals surface area contributed by atoms with Gasteiger partial charge >= 0.3 is 0 Å². The van der Waals surface area contributed by atoms with Crippen molar-refractivity contribution in [1.29, 1.82) is 0 Å². The van der Waals surface area contributed by atoms with E-state index in [0.717, 1.165) is 25.1 Å². The summed E-state index contributed by atoms with van der Waals surface area (Å²) in [5.74, 6) is 1.07. The van der Waals surface area contributed by atoms with E-state index in [1.165, 1.54) is 18.4 Å². The van der Waals surface area contributed by atoms with Gasteiger partial charge in [0.1, 0.15) is 5.76 Å². The van der Waals surface area contributed by atoms with Crippen LogP contribution >= 0.6 is 0 Å². The van der Waals surface area contributed by atoms with Crippen molar-refractivity contribution in [2.75, 3.05) is 6.54 Å². The Labute approximate surface area is 115 Å². The Morgan fingerprint density at radius 3 is 2.63 bits per heavy atom. The number of aryl methyl sites for hydroxylation is 1. The largest absolute Gasteiger partial charge is 0.469 e. The predicted octanol–water partition coefficient (Wildman–Crippen LogP) is 3.82. The molecule has 102 valence electrons. The molecule has 0 bridgehead atoms. The number of hydrogen-bond acceptors (Lipinski definition) is 2. The summed E-state index contributed by atoms with van der Waals surface area (Å²) in [4.78, 5) is 0. The van der Waals surface area contributed by atoms with E-state index in [1.54, 1.807) is 6.26 Å². The predicted molar refractivity (Wildman–Crippen MR) is 79.3 cm³/mol. The summed E-state index contributed by atoms with van der Waals surface area (Å²) >= 11 is 0. The Morgan fingerprint density at radius 1 is 1.11 bits per heavy atom. The lowest BCUT2D eigenvalue weighted by atomic mass is 10.0. The number of benzene rings is 1. The van der Waals surface area contributed by atoms with Gasteiger partial charge in [0.25, 0.3) is 0 Å². The zero-order valence-corrected chi connectivity index (χ0v) is 11.6. The maximum absolute atomic E-state index is 5.43. The fourth-order valence-electron chi connectivity index (χ4n) is 2.43. The summed E-state index contributed by atoms with van der Waals surface area (Å²) < 4.78 is 5.43. The highest BCUT2D eigenvalue weighted by molar-refractivity contribution is 5.14. The molecule has 1 aromatic heterocycles. The summed E-state index contributed by atoms with van der Waals surface area (Å²) in [7, 11) is 0. The van der Waals surface area contributed by atoms with Crippen LogP contribution in [0.25, 0.3) is 0 Å². The van der Waals surface area contributed by atoms with Crippen LogP contribution in [-0.4, -0.2) is 12.6 Å². The highest BCUT2D eigenvalue weighted by Gasteiger charge is 2.09. The lowest BCUT2D eigenvalue weighted by molar-refractivity contribution is 0.423. The van der Waals surface area contributed by atoms with Crippen LogP contribution in [0.4, 0.5) is 0 Å². The highest BCUT2D eigenvalue weighted by atomic mass is 16.3. The monoisotopic (exact) mass is 257 g/mol. The van der Waals surface area contributed by atoms with E-state index in [0.29, 0.717) is 6.04 Å². The second kappa shape index (κ2) is 7.80. The minimum absolute atomic E-state index is 0.514. The average molecular weight is 257 g/mol. The van der Waals surface area contributed by atoms with E-state index in [9.17, 15) is 0 Å². The van der Waals surface area contributed by atoms with Gasteiger partial charge in [-0.1, -0.05) is 37.3 Å². The number of furan rings is 1. The van der Waals surface area contributed by atoms with Crippen LogP contribution < -0.4 is 5.32 Å². The van der Waals surface area contributed by atoms with E-state index >= 15 is 0 Å². The number of rotatable bonds is 8. The highest BCUT2D eigenvalue weighted by Crippen LogP contribution is 2.11. The minimum Gasteiger partial charge on any atom is -0.469 e. The topological polar surface area (TPSA) is 25.2 Å². The molecule has 0 aliphatic carbocycles. The molecular formula is C17H23NO. The molecule has 0 aliphatic heterocycles. The molecule has 19 heavy (non-hydrogen) atoms. The molecule has 2 aromatic rings. The van der Waals surface area contributed by atoms with Crippen molar-refractivity contribution in [1.82, 2.24) is 5.32 Å². The van der Waals surface area contributed by atoms with E-state index < -0.39 is 0 Å². The Morgan fingerprint density at radius 2 is 1.95 bits per heavy atom. The van der Waals surface area contributed by atoms with Crippen LogP contribution in [-0.2, 0) is 12.8 Å². The molecule has 1 N–H and O–H groups in total. The second-order valence-corrected chi connectivity index (χ2v) is 4.92. The van der Waals surface area contributed by atoms with Crippen LogP contribution in [0.2, 0.25) is 0 Å². The maximum atomic E-state index is 5.43. The zero-order valence-electron chi connectivity index (χ0n) is 11.6. The number of nitrogens with one attached hydrogen (secondary N) is 1. The zero-order chi connectivity index (χ0) is 13.3. The van der Waals surface area contributed by atoms with Gasteiger partial charge in [-0.3, -0.25) is 0 Å². The molecule has 0 fully saturated rings. The van der Waals surface area contributed by atoms with Gasteiger partial charge in [-0.05, 0) is 43.5 Å². The van der Waals surface area contributed by atoms with Crippen molar-refractivity contribution in [3.8, 4) is 0 Å².